The Kier molecular flexibility index (Phi) is 1.37. The van der Waals surface area contributed by atoms with Crippen LogP contribution in [0.25, 0.3) is 0 Å². The fourth-order valence-electron chi connectivity index (χ4n) is 1.69. The van der Waals surface area contributed by atoms with Gasteiger partial charge in [-0.2, -0.15) is 0 Å². The van der Waals surface area contributed by atoms with E-state index < -0.39 is 0 Å². The van der Waals surface area contributed by atoms with E-state index in [1.807, 2.05) is 23.9 Å². The lowest BCUT2D eigenvalue weighted by Crippen LogP contribution is -2.22. The molecule has 1 aliphatic heterocycles. The highest BCUT2D eigenvalue weighted by Gasteiger charge is 2.46. The molecule has 2 nitrogen and oxygen atoms in total. The third-order valence-electron chi connectivity index (χ3n) is 2.70. The first-order chi connectivity index (χ1) is 6.27. The fourth-order valence-corrected chi connectivity index (χ4v) is 3.03. The fraction of sp³-hybridized carbons (Fsp3) is 0.400. The highest BCUT2D eigenvalue weighted by molar-refractivity contribution is 8.01. The van der Waals surface area contributed by atoms with Crippen molar-refractivity contribution in [2.45, 2.75) is 22.5 Å². The Balaban J connectivity index is 2.02. The Hall–Kier alpha value is -0.830. The Morgan fingerprint density at radius 1 is 1.38 bits per heavy atom. The number of phenols is 1. The number of nitrogens with one attached hydrogen (secondary N) is 1. The molecule has 0 amide bonds. The van der Waals surface area contributed by atoms with Gasteiger partial charge in [-0.1, -0.05) is 0 Å². The summed E-state index contributed by atoms with van der Waals surface area (Å²) in [5, 5.41) is 12.7. The second-order valence-corrected chi connectivity index (χ2v) is 5.33. The quantitative estimate of drug-likeness (QED) is 0.621. The zero-order valence-electron chi connectivity index (χ0n) is 7.21. The second-order valence-electron chi connectivity index (χ2n) is 3.82. The lowest BCUT2D eigenvalue weighted by molar-refractivity contribution is 0.474. The highest BCUT2D eigenvalue weighted by Crippen LogP contribution is 2.56. The van der Waals surface area contributed by atoms with Gasteiger partial charge in [-0.15, -0.1) is 11.8 Å². The maximum atomic E-state index is 9.34. The molecule has 1 spiro atoms. The number of rotatable bonds is 0. The molecule has 1 heterocycles. The minimum absolute atomic E-state index is 0.366. The average molecular weight is 193 g/mol. The number of aromatic hydroxyl groups is 1. The van der Waals surface area contributed by atoms with Gasteiger partial charge in [-0.3, -0.25) is 0 Å². The number of fused-ring (bicyclic) bond motifs is 1. The first kappa shape index (κ1) is 7.56. The molecule has 1 aromatic carbocycles. The Bertz CT molecular complexity index is 360. The first-order valence-electron chi connectivity index (χ1n) is 4.53. The van der Waals surface area contributed by atoms with Crippen LogP contribution in [0, 0.1) is 0 Å². The summed E-state index contributed by atoms with van der Waals surface area (Å²) in [4.78, 5) is 1.20. The third kappa shape index (κ3) is 1.18. The molecule has 2 N–H and O–H groups in total. The largest absolute Gasteiger partial charge is 0.508 e. The van der Waals surface area contributed by atoms with E-state index in [9.17, 15) is 5.11 Å². The van der Waals surface area contributed by atoms with Crippen LogP contribution in [-0.2, 0) is 0 Å². The minimum atomic E-state index is 0.366. The molecule has 13 heavy (non-hydrogen) atoms. The normalized spacial score (nSPS) is 22.2. The summed E-state index contributed by atoms with van der Waals surface area (Å²) in [5.41, 5.74) is 1.17. The highest BCUT2D eigenvalue weighted by atomic mass is 32.2. The van der Waals surface area contributed by atoms with Crippen LogP contribution < -0.4 is 5.32 Å². The predicted octanol–water partition coefficient (Wildman–Crippen LogP) is 2.44. The molecule has 3 rings (SSSR count). The maximum absolute atomic E-state index is 9.34. The van der Waals surface area contributed by atoms with Gasteiger partial charge in [0.2, 0.25) is 0 Å². The van der Waals surface area contributed by atoms with Gasteiger partial charge in [0.25, 0.3) is 0 Å². The van der Waals surface area contributed by atoms with Gasteiger partial charge in [0.05, 0.1) is 0 Å². The summed E-state index contributed by atoms with van der Waals surface area (Å²) in [6.45, 7) is 1.08. The molecule has 0 atom stereocenters. The van der Waals surface area contributed by atoms with Gasteiger partial charge in [0.15, 0.2) is 0 Å². The van der Waals surface area contributed by atoms with E-state index in [1.165, 1.54) is 23.4 Å². The standard InChI is InChI=1S/C10H11NOS/c12-7-1-2-8-9(5-7)13-10(3-4-10)6-11-8/h1-2,5,11-12H,3-4,6H2. The van der Waals surface area contributed by atoms with E-state index in [1.54, 1.807) is 6.07 Å². The number of hydrogen-bond acceptors (Lipinski definition) is 3. The lowest BCUT2D eigenvalue weighted by Gasteiger charge is -2.25. The molecule has 0 bridgehead atoms. The molecule has 1 saturated carbocycles. The molecular weight excluding hydrogens is 182 g/mol. The van der Waals surface area contributed by atoms with E-state index in [2.05, 4.69) is 5.32 Å². The van der Waals surface area contributed by atoms with Crippen LogP contribution in [0.1, 0.15) is 12.8 Å². The van der Waals surface area contributed by atoms with Crippen molar-refractivity contribution in [3.8, 4) is 5.75 Å². The number of thioether (sulfide) groups is 1. The zero-order chi connectivity index (χ0) is 8.89. The van der Waals surface area contributed by atoms with Crippen LogP contribution in [0.3, 0.4) is 0 Å². The van der Waals surface area contributed by atoms with Crippen molar-refractivity contribution >= 4 is 17.4 Å². The van der Waals surface area contributed by atoms with Gasteiger partial charge in [-0.05, 0) is 31.0 Å². The Labute approximate surface area is 81.3 Å². The SMILES string of the molecule is Oc1ccc2c(c1)SC1(CC1)CN2. The maximum Gasteiger partial charge on any atom is 0.116 e. The summed E-state index contributed by atoms with van der Waals surface area (Å²) in [6.07, 6.45) is 2.61. The molecule has 1 aromatic rings. The van der Waals surface area contributed by atoms with E-state index in [4.69, 9.17) is 0 Å². The number of phenolic OH excluding ortho intramolecular Hbond substituents is 1. The third-order valence-corrected chi connectivity index (χ3v) is 4.24. The van der Waals surface area contributed by atoms with Crippen molar-refractivity contribution in [2.24, 2.45) is 0 Å². The van der Waals surface area contributed by atoms with Crippen molar-refractivity contribution in [1.29, 1.82) is 0 Å². The molecular formula is C10H11NOS. The van der Waals surface area contributed by atoms with Crippen molar-refractivity contribution in [1.82, 2.24) is 0 Å². The van der Waals surface area contributed by atoms with Gasteiger partial charge in [-0.25, -0.2) is 0 Å². The van der Waals surface area contributed by atoms with Crippen molar-refractivity contribution in [2.75, 3.05) is 11.9 Å². The molecule has 0 radical (unpaired) electrons. The van der Waals surface area contributed by atoms with Crippen LogP contribution >= 0.6 is 11.8 Å². The topological polar surface area (TPSA) is 32.3 Å². The van der Waals surface area contributed by atoms with Crippen molar-refractivity contribution in [3.63, 3.8) is 0 Å². The van der Waals surface area contributed by atoms with E-state index in [0.717, 1.165) is 6.54 Å². The van der Waals surface area contributed by atoms with E-state index in [0.29, 0.717) is 10.5 Å². The molecule has 3 heteroatoms. The zero-order valence-corrected chi connectivity index (χ0v) is 8.03. The monoisotopic (exact) mass is 193 g/mol. The molecule has 0 unspecified atom stereocenters. The predicted molar refractivity (Wildman–Crippen MR) is 54.4 cm³/mol. The van der Waals surface area contributed by atoms with Gasteiger partial charge in [0, 0.05) is 21.9 Å². The molecule has 2 aliphatic rings. The summed E-state index contributed by atoms with van der Waals surface area (Å²) in [6, 6.07) is 5.54. The van der Waals surface area contributed by atoms with Gasteiger partial charge in [0.1, 0.15) is 5.75 Å². The van der Waals surface area contributed by atoms with Crippen LogP contribution in [0.15, 0.2) is 23.1 Å². The van der Waals surface area contributed by atoms with Crippen molar-refractivity contribution < 1.29 is 5.11 Å². The second kappa shape index (κ2) is 2.35. The van der Waals surface area contributed by atoms with Crippen LogP contribution in [0.4, 0.5) is 5.69 Å². The van der Waals surface area contributed by atoms with Crippen LogP contribution in [0.2, 0.25) is 0 Å². The van der Waals surface area contributed by atoms with Gasteiger partial charge >= 0.3 is 0 Å². The molecule has 1 fully saturated rings. The van der Waals surface area contributed by atoms with Gasteiger partial charge < -0.3 is 10.4 Å². The summed E-state index contributed by atoms with van der Waals surface area (Å²) in [7, 11) is 0. The van der Waals surface area contributed by atoms with E-state index >= 15 is 0 Å². The first-order valence-corrected chi connectivity index (χ1v) is 5.35. The van der Waals surface area contributed by atoms with Crippen molar-refractivity contribution in [3.05, 3.63) is 18.2 Å². The summed E-state index contributed by atoms with van der Waals surface area (Å²) < 4.78 is 0.459. The minimum Gasteiger partial charge on any atom is -0.508 e. The Morgan fingerprint density at radius 3 is 3.00 bits per heavy atom. The number of benzene rings is 1. The summed E-state index contributed by atoms with van der Waals surface area (Å²) >= 11 is 1.92. The molecule has 0 aromatic heterocycles. The number of hydrogen-bond donors (Lipinski definition) is 2. The van der Waals surface area contributed by atoms with Crippen LogP contribution in [0.5, 0.6) is 5.75 Å². The lowest BCUT2D eigenvalue weighted by atomic mass is 10.2. The number of anilines is 1. The Morgan fingerprint density at radius 2 is 2.23 bits per heavy atom. The summed E-state index contributed by atoms with van der Waals surface area (Å²) in [5.74, 6) is 0.366. The smallest absolute Gasteiger partial charge is 0.116 e. The van der Waals surface area contributed by atoms with E-state index in [-0.39, 0.29) is 0 Å². The molecule has 68 valence electrons. The van der Waals surface area contributed by atoms with Crippen LogP contribution in [-0.4, -0.2) is 16.4 Å². The average Bonchev–Trinajstić information content (AvgIpc) is 2.84. The molecule has 0 saturated heterocycles. The molecule has 1 aliphatic carbocycles.